The smallest absolute Gasteiger partial charge is 0.302 e. The van der Waals surface area contributed by atoms with Crippen molar-refractivity contribution in [3.05, 3.63) is 46.5 Å². The summed E-state index contributed by atoms with van der Waals surface area (Å²) in [6.07, 6.45) is -0.0749. The number of hydrogen-bond acceptors (Lipinski definition) is 5. The SMILES string of the molecule is O=C1CC(CS(=O)(=O)F)CN1c1ccc([N+](=O)[O-])c2ccccc12. The maximum absolute atomic E-state index is 12.9. The van der Waals surface area contributed by atoms with Gasteiger partial charge in [0.2, 0.25) is 5.91 Å². The van der Waals surface area contributed by atoms with Crippen LogP contribution in [-0.4, -0.2) is 31.5 Å². The molecule has 0 spiro atoms. The van der Waals surface area contributed by atoms with Crippen molar-refractivity contribution in [1.29, 1.82) is 0 Å². The lowest BCUT2D eigenvalue weighted by Gasteiger charge is -2.19. The lowest BCUT2D eigenvalue weighted by atomic mass is 10.1. The number of anilines is 1. The number of carbonyl (C=O) groups is 1. The molecule has 2 aromatic carbocycles. The molecule has 3 rings (SSSR count). The number of benzene rings is 2. The van der Waals surface area contributed by atoms with E-state index in [1.165, 1.54) is 17.0 Å². The van der Waals surface area contributed by atoms with E-state index in [1.54, 1.807) is 24.3 Å². The highest BCUT2D eigenvalue weighted by Crippen LogP contribution is 2.36. The van der Waals surface area contributed by atoms with Gasteiger partial charge in [-0.05, 0) is 12.1 Å². The fraction of sp³-hybridized carbons (Fsp3) is 0.267. The Balaban J connectivity index is 2.03. The predicted octanol–water partition coefficient (Wildman–Crippen LogP) is 2.40. The molecule has 9 heteroatoms. The van der Waals surface area contributed by atoms with Crippen LogP contribution in [0.15, 0.2) is 36.4 Å². The Hall–Kier alpha value is -2.55. The molecule has 1 saturated heterocycles. The molecule has 7 nitrogen and oxygen atoms in total. The van der Waals surface area contributed by atoms with E-state index >= 15 is 0 Å². The average Bonchev–Trinajstić information content (AvgIpc) is 2.84. The fourth-order valence-corrected chi connectivity index (χ4v) is 3.86. The van der Waals surface area contributed by atoms with E-state index in [2.05, 4.69) is 0 Å². The zero-order valence-electron chi connectivity index (χ0n) is 12.4. The van der Waals surface area contributed by atoms with Crippen molar-refractivity contribution in [2.45, 2.75) is 6.42 Å². The van der Waals surface area contributed by atoms with Gasteiger partial charge in [0.1, 0.15) is 0 Å². The standard InChI is InChI=1S/C15H13FN2O5S/c16-24(22,23)9-10-7-15(19)17(8-10)13-5-6-14(18(20)21)12-4-2-1-3-11(12)13/h1-6,10H,7-9H2. The molecule has 1 fully saturated rings. The molecule has 126 valence electrons. The number of non-ortho nitro benzene ring substituents is 1. The van der Waals surface area contributed by atoms with Crippen LogP contribution in [0.4, 0.5) is 15.3 Å². The summed E-state index contributed by atoms with van der Waals surface area (Å²) >= 11 is 0. The van der Waals surface area contributed by atoms with Crippen molar-refractivity contribution in [2.75, 3.05) is 17.2 Å². The minimum atomic E-state index is -4.67. The molecule has 2 aromatic rings. The van der Waals surface area contributed by atoms with E-state index in [4.69, 9.17) is 0 Å². The Bertz CT molecular complexity index is 944. The summed E-state index contributed by atoms with van der Waals surface area (Å²) in [5.41, 5.74) is 0.379. The monoisotopic (exact) mass is 352 g/mol. The quantitative estimate of drug-likeness (QED) is 0.478. The summed E-state index contributed by atoms with van der Waals surface area (Å²) in [4.78, 5) is 24.2. The van der Waals surface area contributed by atoms with Crippen molar-refractivity contribution in [3.8, 4) is 0 Å². The van der Waals surface area contributed by atoms with Crippen LogP contribution in [0.2, 0.25) is 0 Å². The van der Waals surface area contributed by atoms with E-state index in [-0.39, 0.29) is 24.6 Å². The van der Waals surface area contributed by atoms with Gasteiger partial charge in [0.05, 0.1) is 21.7 Å². The van der Waals surface area contributed by atoms with Gasteiger partial charge in [0.15, 0.2) is 0 Å². The topological polar surface area (TPSA) is 97.6 Å². The van der Waals surface area contributed by atoms with E-state index in [0.717, 1.165) is 0 Å². The van der Waals surface area contributed by atoms with Crippen LogP contribution in [0.3, 0.4) is 0 Å². The molecule has 1 amide bonds. The van der Waals surface area contributed by atoms with E-state index in [0.29, 0.717) is 16.5 Å². The first kappa shape index (κ1) is 16.3. The number of fused-ring (bicyclic) bond motifs is 1. The van der Waals surface area contributed by atoms with Crippen molar-refractivity contribution in [3.63, 3.8) is 0 Å². The van der Waals surface area contributed by atoms with Crippen LogP contribution in [0, 0.1) is 16.0 Å². The van der Waals surface area contributed by atoms with Crippen LogP contribution in [-0.2, 0) is 15.0 Å². The Morgan fingerprint density at radius 1 is 1.21 bits per heavy atom. The second-order valence-corrected chi connectivity index (χ2v) is 7.10. The normalized spacial score (nSPS) is 18.3. The highest BCUT2D eigenvalue weighted by molar-refractivity contribution is 7.86. The Morgan fingerprint density at radius 3 is 2.50 bits per heavy atom. The third kappa shape index (κ3) is 3.07. The summed E-state index contributed by atoms with van der Waals surface area (Å²) in [6, 6.07) is 9.36. The van der Waals surface area contributed by atoms with Crippen molar-refractivity contribution in [1.82, 2.24) is 0 Å². The predicted molar refractivity (Wildman–Crippen MR) is 86.0 cm³/mol. The molecule has 1 unspecified atom stereocenters. The molecule has 1 aliphatic rings. The highest BCUT2D eigenvalue weighted by atomic mass is 32.3. The average molecular weight is 352 g/mol. The molecular formula is C15H13FN2O5S. The molecule has 0 aliphatic carbocycles. The first-order valence-electron chi connectivity index (χ1n) is 7.15. The number of carbonyl (C=O) groups excluding carboxylic acids is 1. The first-order chi connectivity index (χ1) is 11.3. The van der Waals surface area contributed by atoms with E-state index in [9.17, 15) is 27.2 Å². The van der Waals surface area contributed by atoms with Crippen LogP contribution in [0.25, 0.3) is 10.8 Å². The van der Waals surface area contributed by atoms with Crippen LogP contribution in [0.1, 0.15) is 6.42 Å². The molecule has 0 bridgehead atoms. The van der Waals surface area contributed by atoms with Crippen LogP contribution < -0.4 is 4.90 Å². The van der Waals surface area contributed by atoms with Gasteiger partial charge in [-0.1, -0.05) is 18.2 Å². The zero-order chi connectivity index (χ0) is 17.5. The number of nitro groups is 1. The third-order valence-corrected chi connectivity index (χ3v) is 4.87. The van der Waals surface area contributed by atoms with Crippen LogP contribution >= 0.6 is 0 Å². The fourth-order valence-electron chi connectivity index (χ4n) is 3.07. The summed E-state index contributed by atoms with van der Waals surface area (Å²) in [6.45, 7) is 0.0593. The van der Waals surface area contributed by atoms with E-state index < -0.39 is 26.8 Å². The minimum Gasteiger partial charge on any atom is -0.311 e. The van der Waals surface area contributed by atoms with Gasteiger partial charge in [0.25, 0.3) is 5.69 Å². The van der Waals surface area contributed by atoms with Gasteiger partial charge in [-0.3, -0.25) is 14.9 Å². The summed E-state index contributed by atoms with van der Waals surface area (Å²) in [5, 5.41) is 12.0. The second-order valence-electron chi connectivity index (χ2n) is 5.69. The molecule has 24 heavy (non-hydrogen) atoms. The maximum atomic E-state index is 12.9. The number of nitro benzene ring substituents is 1. The molecule has 1 aliphatic heterocycles. The molecule has 0 aromatic heterocycles. The number of nitrogens with zero attached hydrogens (tertiary/aromatic N) is 2. The van der Waals surface area contributed by atoms with Gasteiger partial charge < -0.3 is 4.90 Å². The Kier molecular flexibility index (Phi) is 3.96. The zero-order valence-corrected chi connectivity index (χ0v) is 13.2. The lowest BCUT2D eigenvalue weighted by Crippen LogP contribution is -2.25. The molecule has 1 atom stereocenters. The number of amides is 1. The Labute approximate surface area is 137 Å². The van der Waals surface area contributed by atoms with Gasteiger partial charge in [-0.2, -0.15) is 8.42 Å². The highest BCUT2D eigenvalue weighted by Gasteiger charge is 2.34. The number of halogens is 1. The molecule has 0 saturated carbocycles. The van der Waals surface area contributed by atoms with Crippen molar-refractivity contribution in [2.24, 2.45) is 5.92 Å². The minimum absolute atomic E-state index is 0.0593. The van der Waals surface area contributed by atoms with E-state index in [1.807, 2.05) is 0 Å². The van der Waals surface area contributed by atoms with Gasteiger partial charge in [-0.25, -0.2) is 0 Å². The van der Waals surface area contributed by atoms with Gasteiger partial charge in [-0.15, -0.1) is 3.89 Å². The summed E-state index contributed by atoms with van der Waals surface area (Å²) < 4.78 is 34.5. The summed E-state index contributed by atoms with van der Waals surface area (Å²) in [5.74, 6) is -1.68. The van der Waals surface area contributed by atoms with Gasteiger partial charge in [0, 0.05) is 30.3 Å². The largest absolute Gasteiger partial charge is 0.311 e. The molecule has 0 N–H and O–H groups in total. The Morgan fingerprint density at radius 2 is 1.88 bits per heavy atom. The van der Waals surface area contributed by atoms with Gasteiger partial charge >= 0.3 is 10.2 Å². The lowest BCUT2D eigenvalue weighted by molar-refractivity contribution is -0.383. The second kappa shape index (κ2) is 5.82. The van der Waals surface area contributed by atoms with Crippen LogP contribution in [0.5, 0.6) is 0 Å². The summed E-state index contributed by atoms with van der Waals surface area (Å²) in [7, 11) is -4.67. The third-order valence-electron chi connectivity index (χ3n) is 4.01. The van der Waals surface area contributed by atoms with Crippen molar-refractivity contribution >= 4 is 38.3 Å². The maximum Gasteiger partial charge on any atom is 0.302 e. The molecule has 0 radical (unpaired) electrons. The number of rotatable bonds is 4. The molecular weight excluding hydrogens is 339 g/mol. The first-order valence-corrected chi connectivity index (χ1v) is 8.70. The van der Waals surface area contributed by atoms with Crippen molar-refractivity contribution < 1.29 is 22.0 Å². The molecule has 1 heterocycles. The number of hydrogen-bond donors (Lipinski definition) is 0.